The van der Waals surface area contributed by atoms with E-state index < -0.39 is 0 Å². The van der Waals surface area contributed by atoms with Gasteiger partial charge in [0.15, 0.2) is 0 Å². The Morgan fingerprint density at radius 3 is 2.30 bits per heavy atom. The number of hydrogen-bond donors (Lipinski definition) is 0. The van der Waals surface area contributed by atoms with Crippen LogP contribution in [0.25, 0.3) is 0 Å². The third kappa shape index (κ3) is 9.14. The molecule has 2 aromatic rings. The second-order valence-corrected chi connectivity index (χ2v) is 10.3. The largest absolute Gasteiger partial charge is 0.491 e. The summed E-state index contributed by atoms with van der Waals surface area (Å²) in [4.78, 5) is 2.57. The van der Waals surface area contributed by atoms with Crippen LogP contribution in [0.3, 0.4) is 0 Å². The van der Waals surface area contributed by atoms with Gasteiger partial charge in [0.25, 0.3) is 0 Å². The molecule has 182 valence electrons. The predicted molar refractivity (Wildman–Crippen MR) is 139 cm³/mol. The minimum Gasteiger partial charge on any atom is -0.491 e. The summed E-state index contributed by atoms with van der Waals surface area (Å²) in [5.74, 6) is 0.933. The number of nitrogens with zero attached hydrogens (tertiary/aromatic N) is 1. The van der Waals surface area contributed by atoms with Crippen molar-refractivity contribution in [2.75, 3.05) is 32.8 Å². The van der Waals surface area contributed by atoms with E-state index in [1.165, 1.54) is 69.2 Å². The lowest BCUT2D eigenvalue weighted by Gasteiger charge is -2.30. The van der Waals surface area contributed by atoms with Gasteiger partial charge < -0.3 is 14.4 Å². The van der Waals surface area contributed by atoms with Gasteiger partial charge >= 0.3 is 0 Å². The Bertz CT molecular complexity index is 766. The number of hydrogen-bond acceptors (Lipinski definition) is 3. The van der Waals surface area contributed by atoms with Gasteiger partial charge in [-0.15, -0.1) is 0 Å². The number of piperidine rings is 1. The van der Waals surface area contributed by atoms with Crippen LogP contribution in [-0.4, -0.2) is 43.9 Å². The van der Waals surface area contributed by atoms with Gasteiger partial charge in [0, 0.05) is 6.54 Å². The van der Waals surface area contributed by atoms with Crippen molar-refractivity contribution in [1.82, 2.24) is 4.90 Å². The van der Waals surface area contributed by atoms with Crippen molar-refractivity contribution in [2.45, 2.75) is 83.7 Å². The SMILES string of the molecule is CCCCCC(C)(C)c1ccc(OCCOC(Cc2ccccc2)CN2CCCCC2)cc1. The number of rotatable bonds is 14. The van der Waals surface area contributed by atoms with E-state index in [4.69, 9.17) is 9.47 Å². The van der Waals surface area contributed by atoms with Crippen molar-refractivity contribution in [3.05, 3.63) is 65.7 Å². The summed E-state index contributed by atoms with van der Waals surface area (Å²) in [6, 6.07) is 19.4. The average molecular weight is 452 g/mol. The molecule has 3 rings (SSSR count). The van der Waals surface area contributed by atoms with Gasteiger partial charge in [-0.1, -0.05) is 88.9 Å². The van der Waals surface area contributed by atoms with Gasteiger partial charge in [-0.3, -0.25) is 0 Å². The van der Waals surface area contributed by atoms with Crippen LogP contribution in [0.15, 0.2) is 54.6 Å². The van der Waals surface area contributed by atoms with E-state index in [-0.39, 0.29) is 11.5 Å². The maximum Gasteiger partial charge on any atom is 0.119 e. The predicted octanol–water partition coefficient (Wildman–Crippen LogP) is 7.04. The molecule has 0 aliphatic carbocycles. The normalized spacial score (nSPS) is 16.0. The highest BCUT2D eigenvalue weighted by atomic mass is 16.5. The van der Waals surface area contributed by atoms with Crippen LogP contribution in [0.5, 0.6) is 5.75 Å². The third-order valence-electron chi connectivity index (χ3n) is 6.96. The summed E-state index contributed by atoms with van der Waals surface area (Å²) in [6.07, 6.45) is 10.3. The number of unbranched alkanes of at least 4 members (excludes halogenated alkanes) is 2. The third-order valence-corrected chi connectivity index (χ3v) is 6.96. The molecule has 1 unspecified atom stereocenters. The molecule has 0 spiro atoms. The Labute approximate surface area is 202 Å². The lowest BCUT2D eigenvalue weighted by molar-refractivity contribution is 0.00868. The summed E-state index contributed by atoms with van der Waals surface area (Å²) < 4.78 is 12.4. The van der Waals surface area contributed by atoms with Crippen LogP contribution in [0, 0.1) is 0 Å². The van der Waals surface area contributed by atoms with Crippen molar-refractivity contribution < 1.29 is 9.47 Å². The molecule has 3 nitrogen and oxygen atoms in total. The highest BCUT2D eigenvalue weighted by Gasteiger charge is 2.20. The first-order valence-corrected chi connectivity index (χ1v) is 13.2. The molecule has 0 bridgehead atoms. The van der Waals surface area contributed by atoms with E-state index in [2.05, 4.69) is 80.3 Å². The lowest BCUT2D eigenvalue weighted by atomic mass is 9.80. The molecular formula is C30H45NO2. The van der Waals surface area contributed by atoms with Crippen molar-refractivity contribution in [1.29, 1.82) is 0 Å². The summed E-state index contributed by atoms with van der Waals surface area (Å²) in [5.41, 5.74) is 2.96. The Morgan fingerprint density at radius 2 is 1.61 bits per heavy atom. The monoisotopic (exact) mass is 451 g/mol. The minimum atomic E-state index is 0.209. The summed E-state index contributed by atoms with van der Waals surface area (Å²) in [7, 11) is 0. The van der Waals surface area contributed by atoms with Crippen LogP contribution in [0.1, 0.15) is 76.8 Å². The Hall–Kier alpha value is -1.84. The molecule has 33 heavy (non-hydrogen) atoms. The van der Waals surface area contributed by atoms with Gasteiger partial charge in [-0.2, -0.15) is 0 Å². The molecular weight excluding hydrogens is 406 g/mol. The van der Waals surface area contributed by atoms with Gasteiger partial charge in [-0.05, 0) is 67.4 Å². The first-order valence-electron chi connectivity index (χ1n) is 13.2. The molecule has 0 saturated carbocycles. The Morgan fingerprint density at radius 1 is 0.879 bits per heavy atom. The van der Waals surface area contributed by atoms with E-state index in [9.17, 15) is 0 Å². The van der Waals surface area contributed by atoms with Crippen molar-refractivity contribution in [3.8, 4) is 5.75 Å². The van der Waals surface area contributed by atoms with Crippen molar-refractivity contribution in [2.24, 2.45) is 0 Å². The van der Waals surface area contributed by atoms with Crippen LogP contribution in [0.2, 0.25) is 0 Å². The zero-order valence-electron chi connectivity index (χ0n) is 21.2. The van der Waals surface area contributed by atoms with Crippen LogP contribution in [-0.2, 0) is 16.6 Å². The molecule has 1 aliphatic rings. The van der Waals surface area contributed by atoms with E-state index in [1.807, 2.05) is 0 Å². The van der Waals surface area contributed by atoms with Gasteiger partial charge in [0.2, 0.25) is 0 Å². The maximum atomic E-state index is 6.34. The fourth-order valence-corrected chi connectivity index (χ4v) is 4.82. The zero-order chi connectivity index (χ0) is 23.4. The smallest absolute Gasteiger partial charge is 0.119 e. The first-order chi connectivity index (χ1) is 16.1. The lowest BCUT2D eigenvalue weighted by Crippen LogP contribution is -2.39. The fourth-order valence-electron chi connectivity index (χ4n) is 4.82. The van der Waals surface area contributed by atoms with Crippen LogP contribution >= 0.6 is 0 Å². The van der Waals surface area contributed by atoms with Crippen molar-refractivity contribution in [3.63, 3.8) is 0 Å². The molecule has 2 aromatic carbocycles. The molecule has 1 heterocycles. The second kappa shape index (κ2) is 13.8. The van der Waals surface area contributed by atoms with Gasteiger partial charge in [0.05, 0.1) is 12.7 Å². The van der Waals surface area contributed by atoms with E-state index in [0.717, 1.165) is 18.7 Å². The molecule has 3 heteroatoms. The maximum absolute atomic E-state index is 6.34. The average Bonchev–Trinajstić information content (AvgIpc) is 2.83. The topological polar surface area (TPSA) is 21.7 Å². The summed E-state index contributed by atoms with van der Waals surface area (Å²) in [6.45, 7) is 11.6. The number of ether oxygens (including phenoxy) is 2. The summed E-state index contributed by atoms with van der Waals surface area (Å²) in [5, 5.41) is 0. The van der Waals surface area contributed by atoms with E-state index >= 15 is 0 Å². The highest BCUT2D eigenvalue weighted by molar-refractivity contribution is 5.31. The summed E-state index contributed by atoms with van der Waals surface area (Å²) >= 11 is 0. The molecule has 1 aliphatic heterocycles. The fraction of sp³-hybridized carbons (Fsp3) is 0.600. The molecule has 1 atom stereocenters. The standard InChI is InChI=1S/C30H45NO2/c1-4-5-10-19-30(2,3)27-15-17-28(18-16-27)32-22-23-33-29(24-26-13-8-6-9-14-26)25-31-20-11-7-12-21-31/h6,8-9,13-18,29H,4-5,7,10-12,19-25H2,1-3H3. The van der Waals surface area contributed by atoms with E-state index in [0.29, 0.717) is 13.2 Å². The number of benzene rings is 2. The van der Waals surface area contributed by atoms with E-state index in [1.54, 1.807) is 0 Å². The molecule has 1 fully saturated rings. The second-order valence-electron chi connectivity index (χ2n) is 10.3. The quantitative estimate of drug-likeness (QED) is 0.288. The molecule has 0 aromatic heterocycles. The Balaban J connectivity index is 1.46. The van der Waals surface area contributed by atoms with Crippen LogP contribution in [0.4, 0.5) is 0 Å². The molecule has 0 amide bonds. The molecule has 0 N–H and O–H groups in total. The first kappa shape index (κ1) is 25.8. The zero-order valence-corrected chi connectivity index (χ0v) is 21.2. The van der Waals surface area contributed by atoms with Crippen LogP contribution < -0.4 is 4.74 Å². The number of likely N-dealkylation sites (tertiary alicyclic amines) is 1. The van der Waals surface area contributed by atoms with Crippen molar-refractivity contribution >= 4 is 0 Å². The highest BCUT2D eigenvalue weighted by Crippen LogP contribution is 2.30. The molecule has 0 radical (unpaired) electrons. The Kier molecular flexibility index (Phi) is 10.8. The molecule has 1 saturated heterocycles. The minimum absolute atomic E-state index is 0.209. The van der Waals surface area contributed by atoms with Gasteiger partial charge in [0.1, 0.15) is 12.4 Å². The van der Waals surface area contributed by atoms with Gasteiger partial charge in [-0.25, -0.2) is 0 Å².